The van der Waals surface area contributed by atoms with Gasteiger partial charge in [-0.15, -0.1) is 0 Å². The lowest BCUT2D eigenvalue weighted by Gasteiger charge is -2.19. The quantitative estimate of drug-likeness (QED) is 0.550. The van der Waals surface area contributed by atoms with Gasteiger partial charge in [0, 0.05) is 10.6 Å². The number of halogens is 3. The second-order valence-electron chi connectivity index (χ2n) is 5.58. The van der Waals surface area contributed by atoms with Crippen molar-refractivity contribution in [1.82, 2.24) is 0 Å². The number of methoxy groups -OCH3 is 1. The van der Waals surface area contributed by atoms with Crippen molar-refractivity contribution in [1.29, 1.82) is 0 Å². The van der Waals surface area contributed by atoms with Gasteiger partial charge in [-0.05, 0) is 49.2 Å². The lowest BCUT2D eigenvalue weighted by Crippen LogP contribution is -2.28. The molecule has 2 aromatic carbocycles. The number of anilines is 1. The van der Waals surface area contributed by atoms with Crippen LogP contribution in [-0.4, -0.2) is 18.4 Å². The summed E-state index contributed by atoms with van der Waals surface area (Å²) < 4.78 is 36.6. The topological polar surface area (TPSA) is 59.0 Å². The fraction of sp³-hybridized carbons (Fsp3) is 0.278. The normalized spacial score (nSPS) is 10.8. The number of amides is 1. The van der Waals surface area contributed by atoms with E-state index in [1.165, 1.54) is 30.3 Å². The number of rotatable bonds is 5. The zero-order chi connectivity index (χ0) is 19.4. The van der Waals surface area contributed by atoms with Crippen LogP contribution in [0.1, 0.15) is 28.7 Å². The maximum absolute atomic E-state index is 13.3. The Hall–Kier alpha value is -2.38. The SMILES string of the molecule is COC(=O)N(O)c1cccc(Cl)c1COc1cc(C)c(C)cc1C(F)F. The Labute approximate surface area is 154 Å². The highest BCUT2D eigenvalue weighted by atomic mass is 35.5. The van der Waals surface area contributed by atoms with Crippen LogP contribution in [-0.2, 0) is 11.3 Å². The van der Waals surface area contributed by atoms with E-state index in [1.807, 2.05) is 0 Å². The van der Waals surface area contributed by atoms with E-state index >= 15 is 0 Å². The summed E-state index contributed by atoms with van der Waals surface area (Å²) in [6.45, 7) is 3.29. The molecule has 140 valence electrons. The Balaban J connectivity index is 2.36. The molecule has 0 radical (unpaired) electrons. The molecule has 0 heterocycles. The van der Waals surface area contributed by atoms with Crippen LogP contribution in [0.25, 0.3) is 0 Å². The summed E-state index contributed by atoms with van der Waals surface area (Å²) in [4.78, 5) is 11.5. The third-order valence-corrected chi connectivity index (χ3v) is 4.26. The van der Waals surface area contributed by atoms with Crippen LogP contribution in [0, 0.1) is 13.8 Å². The molecule has 0 saturated carbocycles. The average molecular weight is 386 g/mol. The minimum atomic E-state index is -2.71. The minimum Gasteiger partial charge on any atom is -0.488 e. The minimum absolute atomic E-state index is 0.0107. The molecule has 0 bridgehead atoms. The van der Waals surface area contributed by atoms with E-state index in [0.717, 1.165) is 18.2 Å². The van der Waals surface area contributed by atoms with E-state index in [0.29, 0.717) is 0 Å². The van der Waals surface area contributed by atoms with Crippen LogP contribution in [0.2, 0.25) is 5.02 Å². The number of hydrogen-bond acceptors (Lipinski definition) is 4. The summed E-state index contributed by atoms with van der Waals surface area (Å²) in [5, 5.41) is 10.4. The smallest absolute Gasteiger partial charge is 0.438 e. The number of carbonyl (C=O) groups excluding carboxylic acids is 1. The predicted molar refractivity (Wildman–Crippen MR) is 93.3 cm³/mol. The molecule has 2 rings (SSSR count). The van der Waals surface area contributed by atoms with E-state index in [4.69, 9.17) is 16.3 Å². The van der Waals surface area contributed by atoms with E-state index in [9.17, 15) is 18.8 Å². The van der Waals surface area contributed by atoms with Crippen LogP contribution < -0.4 is 9.80 Å². The molecule has 1 amide bonds. The lowest BCUT2D eigenvalue weighted by molar-refractivity contribution is 0.140. The molecule has 1 N–H and O–H groups in total. The van der Waals surface area contributed by atoms with Gasteiger partial charge in [0.05, 0.1) is 18.4 Å². The molecule has 0 unspecified atom stereocenters. The Morgan fingerprint density at radius 1 is 1.27 bits per heavy atom. The first-order valence-corrected chi connectivity index (χ1v) is 8.00. The van der Waals surface area contributed by atoms with Gasteiger partial charge in [0.1, 0.15) is 12.4 Å². The molecular weight excluding hydrogens is 368 g/mol. The summed E-state index contributed by atoms with van der Waals surface area (Å²) >= 11 is 6.13. The Morgan fingerprint density at radius 3 is 2.54 bits per heavy atom. The lowest BCUT2D eigenvalue weighted by atomic mass is 10.1. The van der Waals surface area contributed by atoms with Crippen molar-refractivity contribution in [3.8, 4) is 5.75 Å². The van der Waals surface area contributed by atoms with Gasteiger partial charge in [0.15, 0.2) is 0 Å². The first-order chi connectivity index (χ1) is 12.3. The maximum atomic E-state index is 13.3. The number of benzene rings is 2. The molecule has 8 heteroatoms. The number of ether oxygens (including phenoxy) is 2. The molecule has 0 fully saturated rings. The summed E-state index contributed by atoms with van der Waals surface area (Å²) in [6.07, 6.45) is -3.73. The average Bonchev–Trinajstić information content (AvgIpc) is 2.61. The summed E-state index contributed by atoms with van der Waals surface area (Å²) in [6, 6.07) is 7.37. The van der Waals surface area contributed by atoms with Crippen LogP contribution in [0.4, 0.5) is 19.3 Å². The van der Waals surface area contributed by atoms with Gasteiger partial charge >= 0.3 is 6.09 Å². The predicted octanol–water partition coefficient (Wildman–Crippen LogP) is 5.44. The van der Waals surface area contributed by atoms with Gasteiger partial charge in [-0.2, -0.15) is 5.06 Å². The van der Waals surface area contributed by atoms with Gasteiger partial charge in [0.25, 0.3) is 6.43 Å². The Bertz CT molecular complexity index is 814. The molecule has 0 saturated heterocycles. The summed E-state index contributed by atoms with van der Waals surface area (Å²) in [5.74, 6) is 0.0107. The number of nitrogens with zero attached hydrogens (tertiary/aromatic N) is 1. The second-order valence-corrected chi connectivity index (χ2v) is 5.99. The van der Waals surface area contributed by atoms with E-state index in [2.05, 4.69) is 4.74 Å². The number of alkyl halides is 2. The van der Waals surface area contributed by atoms with Crippen molar-refractivity contribution in [3.63, 3.8) is 0 Å². The van der Waals surface area contributed by atoms with Crippen molar-refractivity contribution in [2.45, 2.75) is 26.9 Å². The number of hydrogen-bond donors (Lipinski definition) is 1. The van der Waals surface area contributed by atoms with Crippen molar-refractivity contribution in [3.05, 3.63) is 57.6 Å². The van der Waals surface area contributed by atoms with Crippen LogP contribution >= 0.6 is 11.6 Å². The van der Waals surface area contributed by atoms with Gasteiger partial charge in [-0.3, -0.25) is 5.21 Å². The molecule has 2 aromatic rings. The zero-order valence-corrected chi connectivity index (χ0v) is 15.2. The number of hydroxylamine groups is 1. The van der Waals surface area contributed by atoms with E-state index < -0.39 is 12.5 Å². The monoisotopic (exact) mass is 385 g/mol. The second kappa shape index (κ2) is 8.33. The van der Waals surface area contributed by atoms with Crippen molar-refractivity contribution in [2.24, 2.45) is 0 Å². The fourth-order valence-corrected chi connectivity index (χ4v) is 2.55. The van der Waals surface area contributed by atoms with Crippen molar-refractivity contribution >= 4 is 23.4 Å². The van der Waals surface area contributed by atoms with E-state index in [1.54, 1.807) is 13.8 Å². The van der Waals surface area contributed by atoms with Gasteiger partial charge in [-0.25, -0.2) is 13.6 Å². The largest absolute Gasteiger partial charge is 0.488 e. The Morgan fingerprint density at radius 2 is 1.92 bits per heavy atom. The summed E-state index contributed by atoms with van der Waals surface area (Å²) in [5.41, 5.74) is 1.56. The molecule has 0 aliphatic carbocycles. The third kappa shape index (κ3) is 4.23. The molecule has 0 atom stereocenters. The zero-order valence-electron chi connectivity index (χ0n) is 14.4. The third-order valence-electron chi connectivity index (χ3n) is 3.90. The highest BCUT2D eigenvalue weighted by Crippen LogP contribution is 2.34. The van der Waals surface area contributed by atoms with Crippen LogP contribution in [0.15, 0.2) is 30.3 Å². The molecule has 0 aliphatic heterocycles. The first-order valence-electron chi connectivity index (χ1n) is 7.62. The Kier molecular flexibility index (Phi) is 6.39. The number of carbonyl (C=O) groups is 1. The van der Waals surface area contributed by atoms with Crippen molar-refractivity contribution < 1.29 is 28.3 Å². The van der Waals surface area contributed by atoms with E-state index in [-0.39, 0.29) is 39.3 Å². The molecule has 0 aromatic heterocycles. The van der Waals surface area contributed by atoms with Crippen molar-refractivity contribution in [2.75, 3.05) is 12.2 Å². The summed E-state index contributed by atoms with van der Waals surface area (Å²) in [7, 11) is 1.11. The van der Waals surface area contributed by atoms with Crippen LogP contribution in [0.3, 0.4) is 0 Å². The highest BCUT2D eigenvalue weighted by Gasteiger charge is 2.21. The van der Waals surface area contributed by atoms with Gasteiger partial charge < -0.3 is 9.47 Å². The maximum Gasteiger partial charge on any atom is 0.438 e. The molecule has 0 spiro atoms. The first kappa shape index (κ1) is 19.9. The molecule has 0 aliphatic rings. The number of aryl methyl sites for hydroxylation is 2. The van der Waals surface area contributed by atoms with Crippen LogP contribution in [0.5, 0.6) is 5.75 Å². The molecule has 5 nitrogen and oxygen atoms in total. The fourth-order valence-electron chi connectivity index (χ4n) is 2.33. The highest BCUT2D eigenvalue weighted by molar-refractivity contribution is 6.31. The molecule has 26 heavy (non-hydrogen) atoms. The molecular formula is C18H18ClF2NO4. The van der Waals surface area contributed by atoms with Gasteiger partial charge in [-0.1, -0.05) is 17.7 Å². The van der Waals surface area contributed by atoms with Gasteiger partial charge in [0.2, 0.25) is 0 Å². The standard InChI is InChI=1S/C18H18ClF2NO4/c1-10-7-12(17(20)21)16(8-11(10)2)26-9-13-14(19)5-4-6-15(13)22(24)18(23)25-3/h4-8,17,24H,9H2,1-3H3.